The second-order valence-electron chi connectivity index (χ2n) is 6.15. The van der Waals surface area contributed by atoms with Gasteiger partial charge in [0.2, 0.25) is 5.89 Å². The highest BCUT2D eigenvalue weighted by atomic mass is 16.5. The molecule has 112 valence electrons. The van der Waals surface area contributed by atoms with Crippen LogP contribution in [0.15, 0.2) is 22.7 Å². The molecule has 2 heterocycles. The van der Waals surface area contributed by atoms with Gasteiger partial charge in [-0.25, -0.2) is 0 Å². The summed E-state index contributed by atoms with van der Waals surface area (Å²) >= 11 is 0. The molecule has 0 fully saturated rings. The first-order valence-electron chi connectivity index (χ1n) is 7.39. The number of nitrogens with two attached hydrogens (primary N) is 1. The normalized spacial score (nSPS) is 17.3. The van der Waals surface area contributed by atoms with Crippen molar-refractivity contribution in [3.05, 3.63) is 41.0 Å². The maximum atomic E-state index is 6.32. The molecule has 0 spiro atoms. The minimum atomic E-state index is -0.428. The zero-order chi connectivity index (χ0) is 15.0. The van der Waals surface area contributed by atoms with Gasteiger partial charge in [-0.15, -0.1) is 0 Å². The molecule has 0 saturated carbocycles. The molecule has 5 heteroatoms. The van der Waals surface area contributed by atoms with Crippen molar-refractivity contribution in [1.82, 2.24) is 10.1 Å². The number of benzene rings is 1. The van der Waals surface area contributed by atoms with Gasteiger partial charge >= 0.3 is 0 Å². The Labute approximate surface area is 124 Å². The molecule has 0 radical (unpaired) electrons. The highest BCUT2D eigenvalue weighted by Gasteiger charge is 2.33. The zero-order valence-electron chi connectivity index (χ0n) is 12.7. The number of para-hydroxylation sites is 1. The summed E-state index contributed by atoms with van der Waals surface area (Å²) in [5.74, 6) is 2.02. The van der Waals surface area contributed by atoms with Crippen molar-refractivity contribution in [1.29, 1.82) is 0 Å². The van der Waals surface area contributed by atoms with Gasteiger partial charge in [0.05, 0.1) is 6.04 Å². The van der Waals surface area contributed by atoms with E-state index in [4.69, 9.17) is 15.0 Å². The van der Waals surface area contributed by atoms with E-state index in [2.05, 4.69) is 37.0 Å². The Kier molecular flexibility index (Phi) is 3.45. The Morgan fingerprint density at radius 3 is 2.95 bits per heavy atom. The number of rotatable bonds is 4. The first-order chi connectivity index (χ1) is 10.00. The molecular weight excluding hydrogens is 266 g/mol. The van der Waals surface area contributed by atoms with E-state index in [0.29, 0.717) is 11.7 Å². The molecule has 0 saturated heterocycles. The van der Waals surface area contributed by atoms with Crippen LogP contribution in [0.2, 0.25) is 0 Å². The van der Waals surface area contributed by atoms with Crippen LogP contribution >= 0.6 is 0 Å². The molecule has 1 aromatic heterocycles. The Morgan fingerprint density at radius 2 is 2.19 bits per heavy atom. The lowest BCUT2D eigenvalue weighted by Crippen LogP contribution is -2.25. The minimum absolute atomic E-state index is 0.192. The Bertz CT molecular complexity index is 649. The fourth-order valence-electron chi connectivity index (χ4n) is 2.73. The molecule has 21 heavy (non-hydrogen) atoms. The van der Waals surface area contributed by atoms with Gasteiger partial charge in [0, 0.05) is 18.4 Å². The van der Waals surface area contributed by atoms with Gasteiger partial charge in [-0.1, -0.05) is 30.3 Å². The predicted molar refractivity (Wildman–Crippen MR) is 79.2 cm³/mol. The molecule has 1 aliphatic heterocycles. The van der Waals surface area contributed by atoms with Gasteiger partial charge in [-0.2, -0.15) is 4.98 Å². The second kappa shape index (κ2) is 5.15. The molecule has 1 atom stereocenters. The summed E-state index contributed by atoms with van der Waals surface area (Å²) in [6.07, 6.45) is 2.63. The number of hydrogen-bond donors (Lipinski definition) is 1. The van der Waals surface area contributed by atoms with Crippen molar-refractivity contribution in [2.45, 2.75) is 51.7 Å². The minimum Gasteiger partial charge on any atom is -0.487 e. The number of hydrogen-bond acceptors (Lipinski definition) is 5. The number of aromatic nitrogens is 2. The maximum absolute atomic E-state index is 6.32. The quantitative estimate of drug-likeness (QED) is 0.936. The van der Waals surface area contributed by atoms with Crippen molar-refractivity contribution in [3.63, 3.8) is 0 Å². The lowest BCUT2D eigenvalue weighted by atomic mass is 9.98. The molecule has 2 aromatic rings. The Morgan fingerprint density at radius 1 is 1.38 bits per heavy atom. The van der Waals surface area contributed by atoms with Crippen LogP contribution in [0.25, 0.3) is 0 Å². The highest BCUT2D eigenvalue weighted by molar-refractivity contribution is 5.48. The van der Waals surface area contributed by atoms with Crippen molar-refractivity contribution in [3.8, 4) is 5.75 Å². The average molecular weight is 287 g/mol. The van der Waals surface area contributed by atoms with E-state index in [1.807, 2.05) is 12.1 Å². The van der Waals surface area contributed by atoms with Crippen molar-refractivity contribution in [2.75, 3.05) is 0 Å². The first kappa shape index (κ1) is 14.1. The Hall–Kier alpha value is -1.88. The first-order valence-corrected chi connectivity index (χ1v) is 7.39. The Balaban J connectivity index is 1.92. The zero-order valence-corrected chi connectivity index (χ0v) is 12.7. The van der Waals surface area contributed by atoms with E-state index >= 15 is 0 Å². The summed E-state index contributed by atoms with van der Waals surface area (Å²) in [4.78, 5) is 4.38. The lowest BCUT2D eigenvalue weighted by Gasteiger charge is -2.19. The van der Waals surface area contributed by atoms with Crippen LogP contribution in [-0.2, 0) is 12.8 Å². The summed E-state index contributed by atoms with van der Waals surface area (Å²) in [7, 11) is 0. The monoisotopic (exact) mass is 287 g/mol. The van der Waals surface area contributed by atoms with E-state index in [1.165, 1.54) is 5.56 Å². The van der Waals surface area contributed by atoms with Gasteiger partial charge in [-0.05, 0) is 25.8 Å². The molecule has 2 N–H and O–H groups in total. The molecule has 3 rings (SSSR count). The number of ether oxygens (including phenoxy) is 1. The third-order valence-corrected chi connectivity index (χ3v) is 3.68. The fourth-order valence-corrected chi connectivity index (χ4v) is 2.73. The maximum Gasteiger partial charge on any atom is 0.226 e. The van der Waals surface area contributed by atoms with Crippen LogP contribution in [0.5, 0.6) is 5.75 Å². The molecule has 5 nitrogen and oxygen atoms in total. The summed E-state index contributed by atoms with van der Waals surface area (Å²) in [5.41, 5.74) is 8.23. The topological polar surface area (TPSA) is 74.2 Å². The summed E-state index contributed by atoms with van der Waals surface area (Å²) < 4.78 is 11.3. The molecular formula is C16H21N3O2. The number of aryl methyl sites for hydroxylation is 1. The molecule has 0 aliphatic carbocycles. The molecule has 1 aromatic carbocycles. The summed E-state index contributed by atoms with van der Waals surface area (Å²) in [6, 6.07) is 5.63. The predicted octanol–water partition coefficient (Wildman–Crippen LogP) is 2.78. The van der Waals surface area contributed by atoms with Crippen molar-refractivity contribution in [2.24, 2.45) is 5.73 Å². The van der Waals surface area contributed by atoms with Gasteiger partial charge in [0.25, 0.3) is 0 Å². The van der Waals surface area contributed by atoms with Gasteiger partial charge in [0.15, 0.2) is 5.82 Å². The van der Waals surface area contributed by atoms with Crippen LogP contribution in [-0.4, -0.2) is 15.7 Å². The van der Waals surface area contributed by atoms with Crippen molar-refractivity contribution < 1.29 is 9.26 Å². The molecule has 0 bridgehead atoms. The SMILES string of the molecule is CCCc1nc(C(N)c2cccc3c2OC(C)(C)C3)no1. The number of fused-ring (bicyclic) bond motifs is 1. The fraction of sp³-hybridized carbons (Fsp3) is 0.500. The average Bonchev–Trinajstić information content (AvgIpc) is 3.00. The van der Waals surface area contributed by atoms with Gasteiger partial charge in [-0.3, -0.25) is 0 Å². The van der Waals surface area contributed by atoms with Crippen LogP contribution in [0.4, 0.5) is 0 Å². The molecule has 0 amide bonds. The number of nitrogens with zero attached hydrogens (tertiary/aromatic N) is 2. The van der Waals surface area contributed by atoms with Crippen LogP contribution in [0, 0.1) is 0 Å². The molecule has 1 aliphatic rings. The van der Waals surface area contributed by atoms with Crippen LogP contribution in [0.1, 0.15) is 56.1 Å². The summed E-state index contributed by atoms with van der Waals surface area (Å²) in [6.45, 7) is 6.23. The third-order valence-electron chi connectivity index (χ3n) is 3.68. The second-order valence-corrected chi connectivity index (χ2v) is 6.15. The van der Waals surface area contributed by atoms with Crippen molar-refractivity contribution >= 4 is 0 Å². The lowest BCUT2D eigenvalue weighted by molar-refractivity contribution is 0.137. The van der Waals surface area contributed by atoms with Crippen LogP contribution in [0.3, 0.4) is 0 Å². The van der Waals surface area contributed by atoms with Crippen LogP contribution < -0.4 is 10.5 Å². The van der Waals surface area contributed by atoms with E-state index < -0.39 is 6.04 Å². The smallest absolute Gasteiger partial charge is 0.226 e. The largest absolute Gasteiger partial charge is 0.487 e. The van der Waals surface area contributed by atoms with E-state index in [0.717, 1.165) is 30.6 Å². The van der Waals surface area contributed by atoms with Gasteiger partial charge in [0.1, 0.15) is 11.4 Å². The highest BCUT2D eigenvalue weighted by Crippen LogP contribution is 2.40. The van der Waals surface area contributed by atoms with E-state index in [1.54, 1.807) is 0 Å². The van der Waals surface area contributed by atoms with Gasteiger partial charge < -0.3 is 15.0 Å². The molecule has 1 unspecified atom stereocenters. The van der Waals surface area contributed by atoms with E-state index in [-0.39, 0.29) is 5.60 Å². The summed E-state index contributed by atoms with van der Waals surface area (Å²) in [5, 5.41) is 4.01. The third kappa shape index (κ3) is 2.65. The standard InChI is InChI=1S/C16H21N3O2/c1-4-6-12-18-15(19-21-12)13(17)11-8-5-7-10-9-16(2,3)20-14(10)11/h5,7-8,13H,4,6,9,17H2,1-3H3. The van der Waals surface area contributed by atoms with E-state index in [9.17, 15) is 0 Å².